The molecule has 60 heavy (non-hydrogen) atoms. The van der Waals surface area contributed by atoms with Gasteiger partial charge in [0, 0.05) is 36.8 Å². The molecule has 3 N–H and O–H groups in total. The number of pyridine rings is 1. The lowest BCUT2D eigenvalue weighted by molar-refractivity contribution is -0.193. The lowest BCUT2D eigenvalue weighted by Gasteiger charge is -2.33. The van der Waals surface area contributed by atoms with Crippen LogP contribution in [0.2, 0.25) is 0 Å². The van der Waals surface area contributed by atoms with Crippen LogP contribution >= 0.6 is 0 Å². The first kappa shape index (κ1) is 44.9. The monoisotopic (exact) mass is 872 g/mol. The van der Waals surface area contributed by atoms with Gasteiger partial charge in [0.15, 0.2) is 11.6 Å². The molecular formula is C38H32F8N4O9S. The van der Waals surface area contributed by atoms with E-state index < -0.39 is 45.2 Å². The van der Waals surface area contributed by atoms with Gasteiger partial charge < -0.3 is 25.0 Å². The summed E-state index contributed by atoms with van der Waals surface area (Å²) in [7, 11) is -4.94. The number of aromatic nitrogens is 3. The van der Waals surface area contributed by atoms with Crippen LogP contribution in [0.15, 0.2) is 71.8 Å². The number of Topliss-reactive ketones (excluding diaryl/α,β-unsaturated/α-hetero) is 1. The van der Waals surface area contributed by atoms with Crippen molar-refractivity contribution < 1.29 is 77.5 Å². The molecule has 7 rings (SSSR count). The normalized spacial score (nSPS) is 16.4. The highest BCUT2D eigenvalue weighted by Gasteiger charge is 2.39. The van der Waals surface area contributed by atoms with Crippen LogP contribution in [0.4, 0.5) is 40.4 Å². The summed E-state index contributed by atoms with van der Waals surface area (Å²) in [6.45, 7) is 1.59. The number of phenolic OH excluding ortho intramolecular Hbond substituents is 1. The largest absolute Gasteiger partial charge is 0.508 e. The lowest BCUT2D eigenvalue weighted by Crippen LogP contribution is -2.37. The highest BCUT2D eigenvalue weighted by Crippen LogP contribution is 2.41. The molecule has 5 aromatic rings. The summed E-state index contributed by atoms with van der Waals surface area (Å²) in [5.41, 5.74) is 0.578. The van der Waals surface area contributed by atoms with E-state index in [9.17, 15) is 48.5 Å². The molecule has 0 spiro atoms. The van der Waals surface area contributed by atoms with Gasteiger partial charge in [0.25, 0.3) is 0 Å². The van der Waals surface area contributed by atoms with Gasteiger partial charge in [-0.2, -0.15) is 44.7 Å². The number of hydrogen-bond donors (Lipinski definition) is 3. The van der Waals surface area contributed by atoms with Gasteiger partial charge in [-0.1, -0.05) is 36.4 Å². The fourth-order valence-electron chi connectivity index (χ4n) is 6.75. The summed E-state index contributed by atoms with van der Waals surface area (Å²) >= 11 is 0. The molecular weight excluding hydrogens is 840 g/mol. The number of halogens is 8. The molecule has 1 saturated carbocycles. The zero-order valence-corrected chi connectivity index (χ0v) is 31.5. The van der Waals surface area contributed by atoms with Crippen molar-refractivity contribution in [1.82, 2.24) is 15.0 Å². The number of hydrogen-bond acceptors (Lipinski definition) is 11. The van der Waals surface area contributed by atoms with Crippen LogP contribution in [-0.4, -0.2) is 88.5 Å². The Hall–Kier alpha value is -6.19. The standard InChI is InChI=1S/C34H30F2N4O5S.2C2HF3O2/c35-30-31(27-16-24(41)14-22-5-1-2-8-26(22)27)37-17-28-32(30)38-34(39-33(28)40-18-20-10-11-21(13-20)19-40)45-12-4-9-29(42)23-6-3-7-25(15-23)46(36,43)44;2*3-2(4,5)1(6)7/h1-3,5-8,14-17,20-21,41H,4,9-13,18-19H2;2*(H,6,7). The number of carboxylic acids is 2. The minimum atomic E-state index is -5.08. The van der Waals surface area contributed by atoms with Gasteiger partial charge in [0.05, 0.1) is 16.9 Å². The molecule has 2 aromatic heterocycles. The first-order chi connectivity index (χ1) is 28.0. The Morgan fingerprint density at radius 2 is 1.47 bits per heavy atom. The lowest BCUT2D eigenvalue weighted by atomic mass is 9.98. The average Bonchev–Trinajstić information content (AvgIpc) is 3.52. The minimum absolute atomic E-state index is 0.00128. The predicted molar refractivity (Wildman–Crippen MR) is 196 cm³/mol. The molecule has 320 valence electrons. The van der Waals surface area contributed by atoms with Crippen molar-refractivity contribution >= 4 is 55.4 Å². The van der Waals surface area contributed by atoms with Crippen molar-refractivity contribution in [1.29, 1.82) is 0 Å². The van der Waals surface area contributed by atoms with Gasteiger partial charge in [-0.3, -0.25) is 9.78 Å². The number of nitrogens with zero attached hydrogens (tertiary/aromatic N) is 4. The van der Waals surface area contributed by atoms with E-state index in [0.29, 0.717) is 28.6 Å². The van der Waals surface area contributed by atoms with E-state index in [4.69, 9.17) is 29.5 Å². The van der Waals surface area contributed by atoms with Crippen molar-refractivity contribution in [3.8, 4) is 23.0 Å². The van der Waals surface area contributed by atoms with E-state index in [1.807, 2.05) is 24.3 Å². The molecule has 13 nitrogen and oxygen atoms in total. The molecule has 1 saturated heterocycles. The first-order valence-electron chi connectivity index (χ1n) is 17.7. The van der Waals surface area contributed by atoms with E-state index in [-0.39, 0.29) is 53.8 Å². The van der Waals surface area contributed by atoms with Gasteiger partial charge in [-0.15, -0.1) is 3.89 Å². The number of anilines is 1. The molecule has 1 aliphatic carbocycles. The maximum atomic E-state index is 16.5. The molecule has 2 atom stereocenters. The average molecular weight is 873 g/mol. The summed E-state index contributed by atoms with van der Waals surface area (Å²) in [5.74, 6) is -4.98. The second-order valence-electron chi connectivity index (χ2n) is 13.6. The van der Waals surface area contributed by atoms with Crippen LogP contribution in [0, 0.1) is 17.7 Å². The van der Waals surface area contributed by atoms with Gasteiger partial charge in [-0.05, 0) is 72.6 Å². The fourth-order valence-corrected chi connectivity index (χ4v) is 7.26. The fraction of sp³-hybridized carbons (Fsp3) is 0.316. The second-order valence-corrected chi connectivity index (χ2v) is 15.0. The number of rotatable bonds is 9. The van der Waals surface area contributed by atoms with Crippen molar-refractivity contribution in [2.24, 2.45) is 11.8 Å². The molecule has 2 bridgehead atoms. The highest BCUT2D eigenvalue weighted by atomic mass is 32.3. The molecule has 3 aromatic carbocycles. The Balaban J connectivity index is 0.000000420. The maximum absolute atomic E-state index is 16.5. The molecule has 3 heterocycles. The van der Waals surface area contributed by atoms with E-state index in [0.717, 1.165) is 48.8 Å². The number of benzene rings is 3. The van der Waals surface area contributed by atoms with E-state index in [2.05, 4.69) is 14.9 Å². The van der Waals surface area contributed by atoms with Crippen molar-refractivity contribution in [2.75, 3.05) is 24.6 Å². The van der Waals surface area contributed by atoms with Gasteiger partial charge >= 0.3 is 40.5 Å². The summed E-state index contributed by atoms with van der Waals surface area (Å²) in [4.78, 5) is 45.7. The summed E-state index contributed by atoms with van der Waals surface area (Å²) in [6, 6.07) is 15.2. The van der Waals surface area contributed by atoms with Crippen LogP contribution in [0.25, 0.3) is 32.9 Å². The van der Waals surface area contributed by atoms with Crippen LogP contribution in [0.5, 0.6) is 11.8 Å². The number of carbonyl (C=O) groups excluding carboxylic acids is 1. The zero-order chi connectivity index (χ0) is 44.2. The summed E-state index contributed by atoms with van der Waals surface area (Å²) < 4.78 is 122. The van der Waals surface area contributed by atoms with Crippen LogP contribution < -0.4 is 9.64 Å². The third kappa shape index (κ3) is 11.1. The number of piperidine rings is 1. The van der Waals surface area contributed by atoms with E-state index in [1.165, 1.54) is 24.6 Å². The molecule has 1 aliphatic heterocycles. The number of ketones is 1. The number of carbonyl (C=O) groups is 3. The molecule has 0 amide bonds. The smallest absolute Gasteiger partial charge is 0.490 e. The Kier molecular flexibility index (Phi) is 13.5. The number of aliphatic carboxylic acids is 2. The molecule has 2 aliphatic rings. The van der Waals surface area contributed by atoms with E-state index >= 15 is 4.39 Å². The predicted octanol–water partition coefficient (Wildman–Crippen LogP) is 7.89. The first-order valence-corrected chi connectivity index (χ1v) is 19.1. The Bertz CT molecular complexity index is 2500. The second kappa shape index (κ2) is 18.0. The number of ether oxygens (including phenoxy) is 1. The number of phenols is 1. The number of alkyl halides is 6. The molecule has 2 fully saturated rings. The van der Waals surface area contributed by atoms with Crippen molar-refractivity contribution in [2.45, 2.75) is 49.4 Å². The van der Waals surface area contributed by atoms with Crippen LogP contribution in [-0.2, 0) is 19.8 Å². The topological polar surface area (TPSA) is 197 Å². The van der Waals surface area contributed by atoms with Gasteiger partial charge in [-0.25, -0.2) is 14.0 Å². The number of aromatic hydroxyl groups is 1. The molecule has 22 heteroatoms. The maximum Gasteiger partial charge on any atom is 0.490 e. The van der Waals surface area contributed by atoms with Crippen LogP contribution in [0.1, 0.15) is 42.5 Å². The Labute approximate surface area is 334 Å². The number of fused-ring (bicyclic) bond motifs is 4. The zero-order valence-electron chi connectivity index (χ0n) is 30.7. The van der Waals surface area contributed by atoms with Gasteiger partial charge in [0.1, 0.15) is 22.8 Å². The van der Waals surface area contributed by atoms with Crippen molar-refractivity contribution in [3.63, 3.8) is 0 Å². The molecule has 0 radical (unpaired) electrons. The quantitative estimate of drug-likeness (QED) is 0.0560. The van der Waals surface area contributed by atoms with Gasteiger partial charge in [0.2, 0.25) is 0 Å². The third-order valence-corrected chi connectivity index (χ3v) is 10.2. The van der Waals surface area contributed by atoms with Crippen molar-refractivity contribution in [3.05, 3.63) is 78.2 Å². The Morgan fingerprint density at radius 3 is 2.07 bits per heavy atom. The molecule has 2 unspecified atom stereocenters. The minimum Gasteiger partial charge on any atom is -0.508 e. The summed E-state index contributed by atoms with van der Waals surface area (Å²) in [6.07, 6.45) is -4.91. The Morgan fingerprint density at radius 1 is 0.850 bits per heavy atom. The highest BCUT2D eigenvalue weighted by molar-refractivity contribution is 7.86. The SMILES string of the molecule is O=C(CCCOc1nc(N2CC3CCC(C3)C2)c2cnc(-c3cc(O)cc4ccccc34)c(F)c2n1)c1cccc(S(=O)(=O)F)c1.O=C(O)C(F)(F)F.O=C(O)C(F)(F)F. The number of carboxylic acid groups (broad SMARTS) is 2. The van der Waals surface area contributed by atoms with E-state index in [1.54, 1.807) is 12.3 Å². The third-order valence-electron chi connectivity index (χ3n) is 9.35. The summed E-state index contributed by atoms with van der Waals surface area (Å²) in [5, 5.41) is 26.6. The van der Waals surface area contributed by atoms with Crippen LogP contribution in [0.3, 0.4) is 0 Å².